The molecule has 0 bridgehead atoms. The molecule has 0 heterocycles. The number of rotatable bonds is 1. The van der Waals surface area contributed by atoms with Gasteiger partial charge in [-0.15, -0.1) is 0 Å². The van der Waals surface area contributed by atoms with E-state index in [-0.39, 0.29) is 6.15 Å². The summed E-state index contributed by atoms with van der Waals surface area (Å²) in [5, 5.41) is 0. The van der Waals surface area contributed by atoms with Gasteiger partial charge in [0.05, 0.1) is 0 Å². The molecule has 0 aliphatic heterocycles. The second-order valence-corrected chi connectivity index (χ2v) is 3.40. The van der Waals surface area contributed by atoms with Crippen molar-refractivity contribution in [2.75, 3.05) is 0 Å². The summed E-state index contributed by atoms with van der Waals surface area (Å²) in [7, 11) is 0. The van der Waals surface area contributed by atoms with Crippen LogP contribution in [0.4, 0.5) is 0 Å². The molecule has 17 heavy (non-hydrogen) atoms. The number of hydrogen-bond acceptors (Lipinski definition) is 2. The zero-order valence-corrected chi connectivity index (χ0v) is 12.2. The van der Waals surface area contributed by atoms with Crippen LogP contribution in [0.15, 0.2) is 47.7 Å². The average Bonchev–Trinajstić information content (AvgIpc) is 2.47. The molecule has 0 aromatic rings. The second-order valence-electron chi connectivity index (χ2n) is 3.40. The number of nitrogens with two attached hydrogens (primary N) is 1. The topological polar surface area (TPSA) is 61.0 Å². The largest absolute Gasteiger partial charge is 0.398 e. The van der Waals surface area contributed by atoms with E-state index in [1.54, 1.807) is 0 Å². The molecular weight excluding hydrogens is 208 g/mol. The van der Waals surface area contributed by atoms with Crippen LogP contribution < -0.4 is 11.9 Å². The fraction of sp³-hybridized carbons (Fsp3) is 0.467. The fourth-order valence-electron chi connectivity index (χ4n) is 1.03. The first-order valence-electron chi connectivity index (χ1n) is 6.12. The van der Waals surface area contributed by atoms with Crippen molar-refractivity contribution in [3.05, 3.63) is 47.7 Å². The predicted molar refractivity (Wildman–Crippen MR) is 81.3 cm³/mol. The zero-order chi connectivity index (χ0) is 13.0. The van der Waals surface area contributed by atoms with Crippen molar-refractivity contribution >= 4 is 0 Å². The van der Waals surface area contributed by atoms with Crippen molar-refractivity contribution in [1.82, 2.24) is 6.15 Å². The van der Waals surface area contributed by atoms with E-state index in [0.29, 0.717) is 0 Å². The van der Waals surface area contributed by atoms with Gasteiger partial charge in [-0.2, -0.15) is 0 Å². The van der Waals surface area contributed by atoms with E-state index < -0.39 is 0 Å². The molecule has 0 unspecified atom stereocenters. The van der Waals surface area contributed by atoms with Crippen molar-refractivity contribution < 1.29 is 0 Å². The van der Waals surface area contributed by atoms with Gasteiger partial charge in [0.2, 0.25) is 0 Å². The molecule has 0 radical (unpaired) electrons. The molecule has 1 rings (SSSR count). The smallest absolute Gasteiger partial charge is 0.0386 e. The molecule has 0 aromatic heterocycles. The quantitative estimate of drug-likeness (QED) is 0.682. The molecule has 100 valence electrons. The Bertz CT molecular complexity index is 271. The summed E-state index contributed by atoms with van der Waals surface area (Å²) >= 11 is 0. The summed E-state index contributed by atoms with van der Waals surface area (Å²) in [6.07, 6.45) is 10.3. The van der Waals surface area contributed by atoms with Crippen molar-refractivity contribution in [2.24, 2.45) is 5.73 Å². The van der Waals surface area contributed by atoms with Gasteiger partial charge in [0, 0.05) is 5.70 Å². The van der Waals surface area contributed by atoms with E-state index in [9.17, 15) is 0 Å². The standard InChI is InChI=1S/C10H13N.C3H8.C2H6.H3N/c1-8(2)9-6-4-3-5-7-10(9)11;1-3-2;1-2;/h4-7H,1,3,11H2,2H3;3H2,1-2H3;1-2H3;1H3. The molecule has 0 fully saturated rings. The Hall–Kier alpha value is -1.28. The summed E-state index contributed by atoms with van der Waals surface area (Å²) in [5.41, 5.74) is 8.65. The molecule has 0 atom stereocenters. The highest BCUT2D eigenvalue weighted by molar-refractivity contribution is 5.45. The van der Waals surface area contributed by atoms with E-state index in [4.69, 9.17) is 5.73 Å². The Labute approximate surface area is 108 Å². The van der Waals surface area contributed by atoms with Crippen molar-refractivity contribution in [3.8, 4) is 0 Å². The maximum Gasteiger partial charge on any atom is 0.0386 e. The minimum atomic E-state index is 0. The normalized spacial score (nSPS) is 12.3. The monoisotopic (exact) mass is 238 g/mol. The summed E-state index contributed by atoms with van der Waals surface area (Å²) in [6.45, 7) is 14.1. The van der Waals surface area contributed by atoms with E-state index >= 15 is 0 Å². The number of hydrogen-bond donors (Lipinski definition) is 2. The van der Waals surface area contributed by atoms with Gasteiger partial charge in [-0.3, -0.25) is 0 Å². The maximum atomic E-state index is 5.76. The second kappa shape index (κ2) is 14.7. The molecule has 0 amide bonds. The van der Waals surface area contributed by atoms with Gasteiger partial charge in [0.1, 0.15) is 0 Å². The highest BCUT2D eigenvalue weighted by atomic mass is 14.6. The van der Waals surface area contributed by atoms with Crippen molar-refractivity contribution in [3.63, 3.8) is 0 Å². The molecule has 0 saturated heterocycles. The average molecular weight is 238 g/mol. The summed E-state index contributed by atoms with van der Waals surface area (Å²) in [6, 6.07) is 0. The third-order valence-electron chi connectivity index (χ3n) is 1.62. The first kappa shape index (κ1) is 21.1. The van der Waals surface area contributed by atoms with Crippen LogP contribution >= 0.6 is 0 Å². The fourth-order valence-corrected chi connectivity index (χ4v) is 1.03. The van der Waals surface area contributed by atoms with Gasteiger partial charge >= 0.3 is 0 Å². The van der Waals surface area contributed by atoms with Gasteiger partial charge in [-0.1, -0.05) is 58.9 Å². The molecular formula is C15H30N2. The molecule has 0 aromatic carbocycles. The van der Waals surface area contributed by atoms with Crippen LogP contribution in [-0.4, -0.2) is 0 Å². The van der Waals surface area contributed by atoms with Crippen LogP contribution in [0.5, 0.6) is 0 Å². The minimum Gasteiger partial charge on any atom is -0.398 e. The predicted octanol–water partition coefficient (Wildman–Crippen LogP) is 4.90. The first-order valence-corrected chi connectivity index (χ1v) is 6.12. The Morgan fingerprint density at radius 1 is 1.24 bits per heavy atom. The molecule has 1 aliphatic rings. The lowest BCUT2D eigenvalue weighted by Crippen LogP contribution is -1.97. The summed E-state index contributed by atoms with van der Waals surface area (Å²) < 4.78 is 0. The molecule has 2 heteroatoms. The van der Waals surface area contributed by atoms with Gasteiger partial charge in [-0.25, -0.2) is 0 Å². The molecule has 5 N–H and O–H groups in total. The first-order chi connectivity index (χ1) is 7.63. The van der Waals surface area contributed by atoms with E-state index in [2.05, 4.69) is 26.5 Å². The highest BCUT2D eigenvalue weighted by Crippen LogP contribution is 2.15. The lowest BCUT2D eigenvalue weighted by molar-refractivity contribution is 1.09. The Kier molecular flexibility index (Phi) is 18.2. The van der Waals surface area contributed by atoms with Crippen LogP contribution in [0.1, 0.15) is 47.5 Å². The van der Waals surface area contributed by atoms with Gasteiger partial charge in [-0.05, 0) is 30.6 Å². The van der Waals surface area contributed by atoms with E-state index in [0.717, 1.165) is 23.3 Å². The van der Waals surface area contributed by atoms with Crippen LogP contribution in [0.25, 0.3) is 0 Å². The number of allylic oxidation sites excluding steroid dienone is 6. The summed E-state index contributed by atoms with van der Waals surface area (Å²) in [4.78, 5) is 0. The van der Waals surface area contributed by atoms with Crippen molar-refractivity contribution in [1.29, 1.82) is 0 Å². The van der Waals surface area contributed by atoms with Crippen LogP contribution in [0.3, 0.4) is 0 Å². The van der Waals surface area contributed by atoms with Crippen LogP contribution in [-0.2, 0) is 0 Å². The van der Waals surface area contributed by atoms with Crippen LogP contribution in [0, 0.1) is 0 Å². The van der Waals surface area contributed by atoms with Gasteiger partial charge in [0.15, 0.2) is 0 Å². The van der Waals surface area contributed by atoms with E-state index in [1.165, 1.54) is 6.42 Å². The molecule has 1 aliphatic carbocycles. The van der Waals surface area contributed by atoms with Gasteiger partial charge in [0.25, 0.3) is 0 Å². The Balaban J connectivity index is -0.000000286. The molecule has 2 nitrogen and oxygen atoms in total. The molecule has 0 spiro atoms. The molecule has 0 saturated carbocycles. The van der Waals surface area contributed by atoms with Gasteiger partial charge < -0.3 is 11.9 Å². The Morgan fingerprint density at radius 3 is 2.06 bits per heavy atom. The third-order valence-corrected chi connectivity index (χ3v) is 1.62. The minimum absolute atomic E-state index is 0. The SMILES string of the molecule is C=C(C)C1=C(N)C=CCC=C1.CC.CCC.N. The van der Waals surface area contributed by atoms with E-state index in [1.807, 2.05) is 39.0 Å². The highest BCUT2D eigenvalue weighted by Gasteiger charge is 1.99. The zero-order valence-electron chi connectivity index (χ0n) is 12.2. The third kappa shape index (κ3) is 11.0. The lowest BCUT2D eigenvalue weighted by Gasteiger charge is -2.01. The Morgan fingerprint density at radius 2 is 1.65 bits per heavy atom. The summed E-state index contributed by atoms with van der Waals surface area (Å²) in [5.74, 6) is 0. The van der Waals surface area contributed by atoms with Crippen molar-refractivity contribution in [2.45, 2.75) is 47.5 Å². The maximum absolute atomic E-state index is 5.76. The lowest BCUT2D eigenvalue weighted by atomic mass is 10.1. The van der Waals surface area contributed by atoms with Crippen LogP contribution in [0.2, 0.25) is 0 Å².